The third kappa shape index (κ3) is 6.33. The maximum atomic E-state index is 14.1. The summed E-state index contributed by atoms with van der Waals surface area (Å²) in [5, 5.41) is 15.8. The zero-order valence-electron chi connectivity index (χ0n) is 19.3. The Kier molecular flexibility index (Phi) is 8.52. The summed E-state index contributed by atoms with van der Waals surface area (Å²) in [7, 11) is 1.26. The van der Waals surface area contributed by atoms with E-state index in [1.807, 2.05) is 0 Å². The van der Waals surface area contributed by atoms with Crippen molar-refractivity contribution in [2.75, 3.05) is 20.2 Å². The molecule has 0 unspecified atom stereocenters. The third-order valence-electron chi connectivity index (χ3n) is 5.41. The van der Waals surface area contributed by atoms with Gasteiger partial charge in [-0.2, -0.15) is 0 Å². The van der Waals surface area contributed by atoms with Crippen molar-refractivity contribution in [2.45, 2.75) is 12.5 Å². The number of aromatic hydroxyl groups is 1. The second-order valence-electron chi connectivity index (χ2n) is 7.85. The molecule has 2 heterocycles. The van der Waals surface area contributed by atoms with E-state index in [0.29, 0.717) is 5.56 Å². The van der Waals surface area contributed by atoms with Crippen LogP contribution in [-0.2, 0) is 0 Å². The number of primary amides is 1. The molecule has 0 spiro atoms. The van der Waals surface area contributed by atoms with Crippen LogP contribution in [-0.4, -0.2) is 53.9 Å². The van der Waals surface area contributed by atoms with Crippen LogP contribution in [0.4, 0.5) is 4.39 Å². The number of hydrogen-bond donors (Lipinski definition) is 5. The molecule has 0 radical (unpaired) electrons. The first-order valence-electron chi connectivity index (χ1n) is 10.9. The standard InChI is InChI=1S/C15H12FNO4.C10H13N3O2/c1-21-11-7-6-10(18)12(13(11)16)14(19)8-2-4-9(5-3-8)15(17)20;14-9-2-1-7(5-12-9)10(15)13-8-3-4-11-6-8/h2-7,18H,1H3,(H2,17,20);1-2,5,8,11H,3-4,6H2,(H,12,14)(H,13,15)/t;8-/m.0/s1. The summed E-state index contributed by atoms with van der Waals surface area (Å²) >= 11 is 0. The van der Waals surface area contributed by atoms with Crippen molar-refractivity contribution >= 4 is 17.6 Å². The van der Waals surface area contributed by atoms with Gasteiger partial charge in [0.25, 0.3) is 5.91 Å². The van der Waals surface area contributed by atoms with Gasteiger partial charge in [-0.25, -0.2) is 4.39 Å². The second-order valence-corrected chi connectivity index (χ2v) is 7.85. The fourth-order valence-electron chi connectivity index (χ4n) is 3.45. The molecule has 1 aliphatic heterocycles. The van der Waals surface area contributed by atoms with Crippen molar-refractivity contribution in [3.63, 3.8) is 0 Å². The van der Waals surface area contributed by atoms with Gasteiger partial charge in [-0.1, -0.05) is 12.1 Å². The highest BCUT2D eigenvalue weighted by atomic mass is 19.1. The molecule has 188 valence electrons. The minimum Gasteiger partial charge on any atom is -0.507 e. The molecule has 1 aliphatic rings. The number of phenols is 1. The topological polar surface area (TPSA) is 164 Å². The second kappa shape index (κ2) is 11.8. The molecule has 36 heavy (non-hydrogen) atoms. The summed E-state index contributed by atoms with van der Waals surface area (Å²) in [5.74, 6) is -3.08. The van der Waals surface area contributed by atoms with Crippen LogP contribution in [0, 0.1) is 5.82 Å². The Balaban J connectivity index is 0.000000212. The van der Waals surface area contributed by atoms with Gasteiger partial charge in [-0.15, -0.1) is 0 Å². The number of ketones is 1. The van der Waals surface area contributed by atoms with Crippen molar-refractivity contribution in [3.05, 3.63) is 93.2 Å². The fourth-order valence-corrected chi connectivity index (χ4v) is 3.45. The molecule has 11 heteroatoms. The highest BCUT2D eigenvalue weighted by molar-refractivity contribution is 6.11. The first-order valence-corrected chi connectivity index (χ1v) is 10.9. The Morgan fingerprint density at radius 3 is 2.28 bits per heavy atom. The van der Waals surface area contributed by atoms with Crippen LogP contribution in [0.5, 0.6) is 11.5 Å². The molecule has 1 fully saturated rings. The molecule has 10 nitrogen and oxygen atoms in total. The number of halogens is 1. The van der Waals surface area contributed by atoms with Gasteiger partial charge < -0.3 is 31.2 Å². The van der Waals surface area contributed by atoms with Crippen LogP contribution >= 0.6 is 0 Å². The number of ether oxygens (including phenoxy) is 1. The number of carbonyl (C=O) groups is 3. The van der Waals surface area contributed by atoms with Crippen LogP contribution in [0.25, 0.3) is 0 Å². The average Bonchev–Trinajstić information content (AvgIpc) is 3.38. The summed E-state index contributed by atoms with van der Waals surface area (Å²) in [4.78, 5) is 48.1. The van der Waals surface area contributed by atoms with Gasteiger partial charge in [-0.3, -0.25) is 19.2 Å². The number of pyridine rings is 1. The first kappa shape index (κ1) is 26.1. The van der Waals surface area contributed by atoms with Crippen molar-refractivity contribution < 1.29 is 28.6 Å². The zero-order valence-corrected chi connectivity index (χ0v) is 19.3. The van der Waals surface area contributed by atoms with Gasteiger partial charge in [0.15, 0.2) is 17.3 Å². The fraction of sp³-hybridized carbons (Fsp3) is 0.200. The Labute approximate surface area is 205 Å². The Morgan fingerprint density at radius 1 is 1.06 bits per heavy atom. The number of H-pyrrole nitrogens is 1. The first-order chi connectivity index (χ1) is 17.2. The number of benzene rings is 2. The average molecular weight is 496 g/mol. The molecule has 1 saturated heterocycles. The van der Waals surface area contributed by atoms with Crippen LogP contribution in [0.1, 0.15) is 43.1 Å². The van der Waals surface area contributed by atoms with Crippen LogP contribution in [0.15, 0.2) is 59.5 Å². The van der Waals surface area contributed by atoms with E-state index in [4.69, 9.17) is 10.5 Å². The number of hydrogen-bond acceptors (Lipinski definition) is 7. The number of nitrogens with one attached hydrogen (secondary N) is 3. The minimum absolute atomic E-state index is 0.113. The monoisotopic (exact) mass is 496 g/mol. The molecule has 1 aromatic heterocycles. The molecular weight excluding hydrogens is 471 g/mol. The quantitative estimate of drug-likeness (QED) is 0.321. The van der Waals surface area contributed by atoms with Gasteiger partial charge in [0.05, 0.1) is 12.7 Å². The normalized spacial score (nSPS) is 14.3. The number of aromatic amines is 1. The molecule has 2 aromatic carbocycles. The number of aromatic nitrogens is 1. The van der Waals surface area contributed by atoms with Gasteiger partial charge >= 0.3 is 0 Å². The molecule has 4 rings (SSSR count). The van der Waals surface area contributed by atoms with E-state index in [1.165, 1.54) is 61.8 Å². The van der Waals surface area contributed by atoms with E-state index in [1.54, 1.807) is 0 Å². The Hall–Kier alpha value is -4.51. The lowest BCUT2D eigenvalue weighted by Gasteiger charge is -2.10. The maximum Gasteiger partial charge on any atom is 0.253 e. The Bertz CT molecular complexity index is 1300. The summed E-state index contributed by atoms with van der Waals surface area (Å²) < 4.78 is 18.9. The molecule has 2 amide bonds. The lowest BCUT2D eigenvalue weighted by atomic mass is 10.00. The lowest BCUT2D eigenvalue weighted by molar-refractivity contribution is 0.0938. The molecule has 0 bridgehead atoms. The summed E-state index contributed by atoms with van der Waals surface area (Å²) in [6.45, 7) is 1.76. The summed E-state index contributed by atoms with van der Waals surface area (Å²) in [6, 6.07) is 10.8. The smallest absolute Gasteiger partial charge is 0.253 e. The highest BCUT2D eigenvalue weighted by Crippen LogP contribution is 2.30. The van der Waals surface area contributed by atoms with Crippen molar-refractivity contribution in [1.29, 1.82) is 0 Å². The summed E-state index contributed by atoms with van der Waals surface area (Å²) in [6.07, 6.45) is 2.38. The zero-order chi connectivity index (χ0) is 26.2. The van der Waals surface area contributed by atoms with Crippen molar-refractivity contribution in [3.8, 4) is 11.5 Å². The number of amides is 2. The molecule has 0 aliphatic carbocycles. The van der Waals surface area contributed by atoms with Gasteiger partial charge in [-0.05, 0) is 43.3 Å². The van der Waals surface area contributed by atoms with Crippen LogP contribution in [0.2, 0.25) is 0 Å². The number of nitrogens with two attached hydrogens (primary N) is 1. The molecular formula is C25H25FN4O6. The predicted molar refractivity (Wildman–Crippen MR) is 129 cm³/mol. The van der Waals surface area contributed by atoms with E-state index in [2.05, 4.69) is 15.6 Å². The largest absolute Gasteiger partial charge is 0.507 e. The number of rotatable bonds is 6. The van der Waals surface area contributed by atoms with Gasteiger partial charge in [0.2, 0.25) is 11.5 Å². The van der Waals surface area contributed by atoms with Crippen LogP contribution < -0.4 is 26.7 Å². The van der Waals surface area contributed by atoms with Gasteiger partial charge in [0.1, 0.15) is 11.3 Å². The Morgan fingerprint density at radius 2 is 1.72 bits per heavy atom. The van der Waals surface area contributed by atoms with Crippen molar-refractivity contribution in [1.82, 2.24) is 15.6 Å². The van der Waals surface area contributed by atoms with E-state index in [0.717, 1.165) is 19.5 Å². The summed E-state index contributed by atoms with van der Waals surface area (Å²) in [5.41, 5.74) is 5.24. The van der Waals surface area contributed by atoms with Crippen molar-refractivity contribution in [2.24, 2.45) is 5.73 Å². The minimum atomic E-state index is -0.943. The number of phenolic OH excluding ortho intramolecular Hbond substituents is 1. The molecule has 6 N–H and O–H groups in total. The van der Waals surface area contributed by atoms with E-state index < -0.39 is 28.8 Å². The predicted octanol–water partition coefficient (Wildman–Crippen LogP) is 1.34. The maximum absolute atomic E-state index is 14.1. The lowest BCUT2D eigenvalue weighted by Crippen LogP contribution is -2.36. The molecule has 3 aromatic rings. The number of carbonyl (C=O) groups excluding carboxylic acids is 3. The van der Waals surface area contributed by atoms with Gasteiger partial charge in [0, 0.05) is 36.0 Å². The SMILES string of the molecule is COc1ccc(O)c(C(=O)c2ccc(C(N)=O)cc2)c1F.O=C(N[C@H]1CCNC1)c1ccc(=O)[nH]c1. The van der Waals surface area contributed by atoms with E-state index in [-0.39, 0.29) is 34.4 Å². The third-order valence-corrected chi connectivity index (χ3v) is 5.41. The molecule has 1 atom stereocenters. The van der Waals surface area contributed by atoms with E-state index >= 15 is 0 Å². The highest BCUT2D eigenvalue weighted by Gasteiger charge is 2.22. The van der Waals surface area contributed by atoms with E-state index in [9.17, 15) is 28.7 Å². The van der Waals surface area contributed by atoms with Crippen LogP contribution in [0.3, 0.4) is 0 Å². The molecule has 0 saturated carbocycles. The number of methoxy groups -OCH3 is 1.